The van der Waals surface area contributed by atoms with Gasteiger partial charge in [0.25, 0.3) is 17.7 Å². The van der Waals surface area contributed by atoms with Crippen molar-refractivity contribution in [3.63, 3.8) is 0 Å². The maximum Gasteiger partial charge on any atom is 0.335 e. The van der Waals surface area contributed by atoms with Crippen molar-refractivity contribution in [1.82, 2.24) is 4.90 Å². The first-order chi connectivity index (χ1) is 12.8. The number of carbonyl (C=O) groups is 4. The summed E-state index contributed by atoms with van der Waals surface area (Å²) in [5.74, 6) is -2.70. The number of imide groups is 1. The van der Waals surface area contributed by atoms with E-state index in [0.717, 1.165) is 4.90 Å². The summed E-state index contributed by atoms with van der Waals surface area (Å²) in [7, 11) is 0. The van der Waals surface area contributed by atoms with Crippen LogP contribution in [0.2, 0.25) is 5.02 Å². The molecule has 1 heterocycles. The number of hydrogen-bond donors (Lipinski definition) is 2. The molecule has 3 amide bonds. The van der Waals surface area contributed by atoms with E-state index in [1.807, 2.05) is 0 Å². The Balaban J connectivity index is 1.89. The maximum atomic E-state index is 12.5. The summed E-state index contributed by atoms with van der Waals surface area (Å²) in [4.78, 5) is 49.1. The van der Waals surface area contributed by atoms with Crippen LogP contribution in [0.4, 0.5) is 5.69 Å². The second-order valence-electron chi connectivity index (χ2n) is 5.72. The van der Waals surface area contributed by atoms with Crippen molar-refractivity contribution in [3.8, 4) is 0 Å². The number of carboxylic acids is 1. The van der Waals surface area contributed by atoms with E-state index in [1.54, 1.807) is 0 Å². The van der Waals surface area contributed by atoms with Gasteiger partial charge in [-0.15, -0.1) is 6.58 Å². The van der Waals surface area contributed by atoms with E-state index in [-0.39, 0.29) is 39.5 Å². The van der Waals surface area contributed by atoms with Crippen LogP contribution in [0.5, 0.6) is 0 Å². The monoisotopic (exact) mass is 384 g/mol. The molecule has 3 rings (SSSR count). The summed E-state index contributed by atoms with van der Waals surface area (Å²) in [6.45, 7) is 3.59. The summed E-state index contributed by atoms with van der Waals surface area (Å²) in [6.07, 6.45) is 1.44. The van der Waals surface area contributed by atoms with Crippen molar-refractivity contribution in [2.45, 2.75) is 0 Å². The Morgan fingerprint density at radius 3 is 2.41 bits per heavy atom. The molecule has 0 atom stereocenters. The molecule has 0 aliphatic carbocycles. The maximum absolute atomic E-state index is 12.5. The minimum atomic E-state index is -1.16. The molecular weight excluding hydrogens is 372 g/mol. The fraction of sp³-hybridized carbons (Fsp3) is 0.0526. The number of aromatic carboxylic acids is 1. The highest BCUT2D eigenvalue weighted by atomic mass is 35.5. The summed E-state index contributed by atoms with van der Waals surface area (Å²) in [5.41, 5.74) is 0.554. The number of fused-ring (bicyclic) bond motifs is 1. The van der Waals surface area contributed by atoms with Gasteiger partial charge in [-0.1, -0.05) is 17.7 Å². The molecule has 0 fully saturated rings. The third-order valence-electron chi connectivity index (χ3n) is 4.01. The SMILES string of the molecule is C=CCN1C(=O)c2ccc(C(=O)Nc3cc(C(=O)O)ccc3Cl)cc2C1=O. The highest BCUT2D eigenvalue weighted by Gasteiger charge is 2.35. The second-order valence-corrected chi connectivity index (χ2v) is 6.13. The first-order valence-corrected chi connectivity index (χ1v) is 8.16. The number of nitrogens with zero attached hydrogens (tertiary/aromatic N) is 1. The van der Waals surface area contributed by atoms with Crippen LogP contribution in [0.15, 0.2) is 49.1 Å². The van der Waals surface area contributed by atoms with Crippen LogP contribution >= 0.6 is 11.6 Å². The van der Waals surface area contributed by atoms with Crippen LogP contribution in [-0.4, -0.2) is 40.2 Å². The van der Waals surface area contributed by atoms with Crippen LogP contribution in [0, 0.1) is 0 Å². The number of halogens is 1. The molecule has 8 heteroatoms. The Hall–Kier alpha value is -3.45. The van der Waals surface area contributed by atoms with Gasteiger partial charge in [-0.25, -0.2) is 4.79 Å². The molecule has 2 aromatic carbocycles. The third-order valence-corrected chi connectivity index (χ3v) is 4.34. The fourth-order valence-corrected chi connectivity index (χ4v) is 2.84. The molecule has 0 bridgehead atoms. The molecule has 0 spiro atoms. The summed E-state index contributed by atoms with van der Waals surface area (Å²) in [5, 5.41) is 11.7. The third kappa shape index (κ3) is 3.32. The molecule has 2 N–H and O–H groups in total. The molecule has 136 valence electrons. The van der Waals surface area contributed by atoms with Gasteiger partial charge < -0.3 is 10.4 Å². The van der Waals surface area contributed by atoms with E-state index < -0.39 is 23.7 Å². The quantitative estimate of drug-likeness (QED) is 0.609. The van der Waals surface area contributed by atoms with Crippen LogP contribution in [0.1, 0.15) is 41.4 Å². The van der Waals surface area contributed by atoms with Crippen LogP contribution in [-0.2, 0) is 0 Å². The zero-order valence-corrected chi connectivity index (χ0v) is 14.6. The van der Waals surface area contributed by atoms with Crippen LogP contribution in [0.3, 0.4) is 0 Å². The largest absolute Gasteiger partial charge is 0.478 e. The van der Waals surface area contributed by atoms with Gasteiger partial charge in [-0.3, -0.25) is 19.3 Å². The van der Waals surface area contributed by atoms with Gasteiger partial charge in [0.2, 0.25) is 0 Å². The molecule has 0 unspecified atom stereocenters. The number of anilines is 1. The van der Waals surface area contributed by atoms with Crippen molar-refractivity contribution in [2.24, 2.45) is 0 Å². The van der Waals surface area contributed by atoms with E-state index in [0.29, 0.717) is 0 Å². The van der Waals surface area contributed by atoms with Crippen molar-refractivity contribution in [1.29, 1.82) is 0 Å². The van der Waals surface area contributed by atoms with Gasteiger partial charge in [0.05, 0.1) is 27.4 Å². The molecule has 0 saturated carbocycles. The van der Waals surface area contributed by atoms with Gasteiger partial charge in [-0.2, -0.15) is 0 Å². The molecule has 2 aromatic rings. The molecule has 1 aliphatic heterocycles. The number of rotatable bonds is 5. The highest BCUT2D eigenvalue weighted by Crippen LogP contribution is 2.26. The predicted molar refractivity (Wildman–Crippen MR) is 98.4 cm³/mol. The second kappa shape index (κ2) is 7.05. The summed E-state index contributed by atoms with van der Waals surface area (Å²) >= 11 is 6.00. The molecule has 0 aromatic heterocycles. The van der Waals surface area contributed by atoms with Gasteiger partial charge in [0.15, 0.2) is 0 Å². The van der Waals surface area contributed by atoms with E-state index in [4.69, 9.17) is 16.7 Å². The standard InChI is InChI=1S/C19H13ClN2O5/c1-2-7-22-17(24)12-5-3-10(8-13(12)18(22)25)16(23)21-15-9-11(19(26)27)4-6-14(15)20/h2-6,8-9H,1,7H2,(H,21,23)(H,26,27). The van der Waals surface area contributed by atoms with Crippen molar-refractivity contribution < 1.29 is 24.3 Å². The Kier molecular flexibility index (Phi) is 4.79. The lowest BCUT2D eigenvalue weighted by Gasteiger charge is -2.09. The Bertz CT molecular complexity index is 1020. The Labute approximate surface area is 158 Å². The van der Waals surface area contributed by atoms with Crippen LogP contribution in [0.25, 0.3) is 0 Å². The molecule has 1 aliphatic rings. The number of carbonyl (C=O) groups excluding carboxylic acids is 3. The van der Waals surface area contributed by atoms with Gasteiger partial charge in [0, 0.05) is 12.1 Å². The van der Waals surface area contributed by atoms with Gasteiger partial charge >= 0.3 is 5.97 Å². The Morgan fingerprint density at radius 1 is 1.07 bits per heavy atom. The fourth-order valence-electron chi connectivity index (χ4n) is 2.68. The van der Waals surface area contributed by atoms with Crippen molar-refractivity contribution in [2.75, 3.05) is 11.9 Å². The summed E-state index contributed by atoms with van der Waals surface area (Å²) < 4.78 is 0. The number of carboxylic acid groups (broad SMARTS) is 1. The molecule has 0 radical (unpaired) electrons. The molecule has 27 heavy (non-hydrogen) atoms. The first-order valence-electron chi connectivity index (χ1n) is 7.79. The number of nitrogens with one attached hydrogen (secondary N) is 1. The van der Waals surface area contributed by atoms with E-state index in [9.17, 15) is 19.2 Å². The van der Waals surface area contributed by atoms with Gasteiger partial charge in [-0.05, 0) is 36.4 Å². The van der Waals surface area contributed by atoms with Gasteiger partial charge in [0.1, 0.15) is 0 Å². The van der Waals surface area contributed by atoms with Crippen LogP contribution < -0.4 is 5.32 Å². The van der Waals surface area contributed by atoms with Crippen molar-refractivity contribution in [3.05, 3.63) is 76.3 Å². The molecular formula is C19H13ClN2O5. The smallest absolute Gasteiger partial charge is 0.335 e. The van der Waals surface area contributed by atoms with E-state index >= 15 is 0 Å². The number of benzene rings is 2. The predicted octanol–water partition coefficient (Wildman–Crippen LogP) is 3.07. The van der Waals surface area contributed by atoms with E-state index in [1.165, 1.54) is 42.5 Å². The minimum absolute atomic E-state index is 0.0375. The Morgan fingerprint density at radius 2 is 1.74 bits per heavy atom. The zero-order chi connectivity index (χ0) is 19.7. The first kappa shape index (κ1) is 18.3. The normalized spacial score (nSPS) is 12.7. The number of amides is 3. The lowest BCUT2D eigenvalue weighted by Crippen LogP contribution is -2.29. The lowest BCUT2D eigenvalue weighted by atomic mass is 10.1. The lowest BCUT2D eigenvalue weighted by molar-refractivity contribution is 0.0666. The van der Waals surface area contributed by atoms with Crippen molar-refractivity contribution >= 4 is 41.0 Å². The number of hydrogen-bond acceptors (Lipinski definition) is 4. The zero-order valence-electron chi connectivity index (χ0n) is 13.9. The molecule has 0 saturated heterocycles. The van der Waals surface area contributed by atoms with E-state index in [2.05, 4.69) is 11.9 Å². The average molecular weight is 385 g/mol. The minimum Gasteiger partial charge on any atom is -0.478 e. The highest BCUT2D eigenvalue weighted by molar-refractivity contribution is 6.34. The molecule has 7 nitrogen and oxygen atoms in total. The summed E-state index contributed by atoms with van der Waals surface area (Å²) in [6, 6.07) is 8.04. The topological polar surface area (TPSA) is 104 Å². The average Bonchev–Trinajstić information content (AvgIpc) is 2.88.